The first kappa shape index (κ1) is 33.5. The van der Waals surface area contributed by atoms with Gasteiger partial charge in [-0.1, -0.05) is 11.2 Å². The number of carboxylic acids is 1. The molecule has 2 aromatic rings. The molecule has 4 rings (SSSR count). The molecule has 0 aliphatic carbocycles. The van der Waals surface area contributed by atoms with E-state index in [1.54, 1.807) is 12.1 Å². The van der Waals surface area contributed by atoms with Gasteiger partial charge < -0.3 is 36.8 Å². The SMILES string of the molecule is CC1(C)C(CC(=O)/C(=N\OC(COc2ccc3c(c2)CN(C(N)=NCCN)C3)C(=O)O)c2csc(N)n2)C(=O)N1OS(=O)(=O)O. The summed E-state index contributed by atoms with van der Waals surface area (Å²) in [5.74, 6) is -3.46. The lowest BCUT2D eigenvalue weighted by molar-refractivity contribution is -0.228. The summed E-state index contributed by atoms with van der Waals surface area (Å²) in [7, 11) is -4.99. The minimum absolute atomic E-state index is 0.0272. The first-order valence-corrected chi connectivity index (χ1v) is 15.6. The van der Waals surface area contributed by atoms with Crippen molar-refractivity contribution < 1.29 is 46.3 Å². The number of nitrogen functional groups attached to an aromatic ring is 1. The van der Waals surface area contributed by atoms with Crippen LogP contribution in [0.1, 0.15) is 37.1 Å². The number of oxime groups is 1. The van der Waals surface area contributed by atoms with Crippen LogP contribution in [0.25, 0.3) is 0 Å². The van der Waals surface area contributed by atoms with Gasteiger partial charge in [0.25, 0.3) is 12.0 Å². The monoisotopic (exact) mass is 668 g/mol. The van der Waals surface area contributed by atoms with Gasteiger partial charge in [0.05, 0.1) is 18.0 Å². The number of carbonyl (C=O) groups excluding carboxylic acids is 2. The fraction of sp³-hybridized carbons (Fsp3) is 0.440. The third-order valence-electron chi connectivity index (χ3n) is 7.04. The molecule has 1 amide bonds. The fourth-order valence-corrected chi connectivity index (χ4v) is 5.62. The minimum Gasteiger partial charge on any atom is -0.489 e. The molecular formula is C25H32N8O10S2. The third-order valence-corrected chi connectivity index (χ3v) is 8.05. The van der Waals surface area contributed by atoms with Crippen molar-refractivity contribution in [2.45, 2.75) is 45.0 Å². The lowest BCUT2D eigenvalue weighted by Gasteiger charge is -2.50. The van der Waals surface area contributed by atoms with Gasteiger partial charge in [-0.15, -0.1) is 15.6 Å². The number of nitrogens with zero attached hydrogens (tertiary/aromatic N) is 5. The number of aliphatic imine (C=N–C) groups is 1. The summed E-state index contributed by atoms with van der Waals surface area (Å²) < 4.78 is 41.1. The normalized spacial score (nSPS) is 18.8. The molecule has 2 atom stereocenters. The average molecular weight is 669 g/mol. The molecule has 3 heterocycles. The van der Waals surface area contributed by atoms with Crippen LogP contribution in [-0.2, 0) is 47.0 Å². The van der Waals surface area contributed by atoms with Crippen molar-refractivity contribution >= 4 is 56.2 Å². The zero-order valence-electron chi connectivity index (χ0n) is 24.2. The second-order valence-corrected chi connectivity index (χ2v) is 12.4. The molecule has 0 bridgehead atoms. The van der Waals surface area contributed by atoms with Crippen LogP contribution in [0.3, 0.4) is 0 Å². The molecule has 1 aromatic carbocycles. The number of amides is 1. The van der Waals surface area contributed by atoms with E-state index in [0.717, 1.165) is 22.5 Å². The van der Waals surface area contributed by atoms with Crippen LogP contribution in [0.5, 0.6) is 5.75 Å². The van der Waals surface area contributed by atoms with Crippen LogP contribution in [0.15, 0.2) is 33.7 Å². The number of ether oxygens (including phenoxy) is 1. The van der Waals surface area contributed by atoms with Crippen LogP contribution < -0.4 is 21.9 Å². The maximum atomic E-state index is 13.3. The number of β-lactam (4-membered cyclic amide) rings is 1. The molecule has 2 aliphatic heterocycles. The molecule has 1 saturated heterocycles. The summed E-state index contributed by atoms with van der Waals surface area (Å²) in [5, 5.41) is 15.4. The van der Waals surface area contributed by atoms with Crippen molar-refractivity contribution in [3.63, 3.8) is 0 Å². The van der Waals surface area contributed by atoms with Gasteiger partial charge in [-0.25, -0.2) is 9.78 Å². The van der Waals surface area contributed by atoms with E-state index in [-0.39, 0.29) is 10.8 Å². The molecule has 0 saturated carbocycles. The second-order valence-electron chi connectivity index (χ2n) is 10.5. The van der Waals surface area contributed by atoms with Crippen LogP contribution in [0, 0.1) is 5.92 Å². The minimum atomic E-state index is -4.99. The molecule has 2 unspecified atom stereocenters. The summed E-state index contributed by atoms with van der Waals surface area (Å²) in [5.41, 5.74) is 17.4. The van der Waals surface area contributed by atoms with Crippen molar-refractivity contribution in [3.05, 3.63) is 40.4 Å². The molecule has 2 aliphatic rings. The van der Waals surface area contributed by atoms with Crippen LogP contribution in [-0.4, -0.2) is 93.7 Å². The summed E-state index contributed by atoms with van der Waals surface area (Å²) in [6.07, 6.45) is -2.16. The van der Waals surface area contributed by atoms with Gasteiger partial charge in [0.2, 0.25) is 0 Å². The highest BCUT2D eigenvalue weighted by atomic mass is 32.3. The number of benzene rings is 1. The average Bonchev–Trinajstić information content (AvgIpc) is 3.60. The van der Waals surface area contributed by atoms with Crippen molar-refractivity contribution in [1.29, 1.82) is 0 Å². The first-order chi connectivity index (χ1) is 21.1. The molecule has 0 spiro atoms. The van der Waals surface area contributed by atoms with E-state index in [4.69, 9.17) is 31.3 Å². The van der Waals surface area contributed by atoms with Crippen LogP contribution >= 0.6 is 11.3 Å². The second kappa shape index (κ2) is 13.3. The summed E-state index contributed by atoms with van der Waals surface area (Å²) in [6.45, 7) is 4.13. The van der Waals surface area contributed by atoms with E-state index in [1.807, 2.05) is 11.0 Å². The maximum Gasteiger partial charge on any atom is 0.418 e. The highest BCUT2D eigenvalue weighted by Gasteiger charge is 2.57. The molecule has 8 N–H and O–H groups in total. The molecule has 45 heavy (non-hydrogen) atoms. The van der Waals surface area contributed by atoms with Gasteiger partial charge in [0.1, 0.15) is 18.1 Å². The summed E-state index contributed by atoms with van der Waals surface area (Å²) in [6, 6.07) is 5.23. The lowest BCUT2D eigenvalue weighted by atomic mass is 9.74. The van der Waals surface area contributed by atoms with Gasteiger partial charge in [0, 0.05) is 31.4 Å². The van der Waals surface area contributed by atoms with Gasteiger partial charge >= 0.3 is 16.4 Å². The number of hydrogen-bond donors (Lipinski definition) is 5. The molecule has 1 aromatic heterocycles. The zero-order valence-corrected chi connectivity index (χ0v) is 25.8. The fourth-order valence-electron chi connectivity index (χ4n) is 4.62. The van der Waals surface area contributed by atoms with Crippen LogP contribution in [0.2, 0.25) is 0 Å². The van der Waals surface area contributed by atoms with Crippen molar-refractivity contribution in [2.75, 3.05) is 25.4 Å². The Labute approximate surface area is 261 Å². The number of anilines is 1. The number of fused-ring (bicyclic) bond motifs is 1. The van der Waals surface area contributed by atoms with Gasteiger partial charge in [-0.2, -0.15) is 13.5 Å². The Bertz CT molecular complexity index is 1640. The van der Waals surface area contributed by atoms with Gasteiger partial charge in [-0.05, 0) is 37.1 Å². The van der Waals surface area contributed by atoms with Crippen molar-refractivity contribution in [1.82, 2.24) is 14.9 Å². The highest BCUT2D eigenvalue weighted by molar-refractivity contribution is 7.80. The number of guanidine groups is 1. The molecule has 0 radical (unpaired) electrons. The number of carbonyl (C=O) groups is 3. The van der Waals surface area contributed by atoms with Gasteiger partial charge in [-0.3, -0.25) is 19.1 Å². The van der Waals surface area contributed by atoms with E-state index in [0.29, 0.717) is 43.0 Å². The number of hydroxylamine groups is 2. The van der Waals surface area contributed by atoms with Crippen LogP contribution in [0.4, 0.5) is 5.13 Å². The standard InChI is InChI=1S/C25H32N8O10S2/c1-25(2)16(21(35)33(25)43-45(38,39)40)8-18(34)20(17-12-44-24(28)30-17)31-42-19(22(36)37)11-41-15-4-3-13-9-32(10-14(13)7-15)23(27)29-6-5-26/h3-4,7,12,16,19H,5-6,8-11,26H2,1-2H3,(H2,27,29)(H2,28,30)(H,36,37)(H,38,39,40)/b31-20-. The van der Waals surface area contributed by atoms with E-state index < -0.39 is 64.4 Å². The number of thiazole rings is 1. The van der Waals surface area contributed by atoms with E-state index in [1.165, 1.54) is 19.2 Å². The Morgan fingerprint density at radius 2 is 1.98 bits per heavy atom. The molecular weight excluding hydrogens is 636 g/mol. The number of ketones is 1. The Balaban J connectivity index is 1.45. The predicted octanol–water partition coefficient (Wildman–Crippen LogP) is -0.502. The topological polar surface area (TPSA) is 276 Å². The van der Waals surface area contributed by atoms with E-state index in [2.05, 4.69) is 19.4 Å². The zero-order chi connectivity index (χ0) is 33.1. The third kappa shape index (κ3) is 7.84. The quantitative estimate of drug-likeness (QED) is 0.0558. The molecule has 18 nitrogen and oxygen atoms in total. The number of nitrogens with two attached hydrogens (primary N) is 3. The molecule has 244 valence electrons. The van der Waals surface area contributed by atoms with Gasteiger partial charge in [0.15, 0.2) is 22.6 Å². The van der Waals surface area contributed by atoms with E-state index >= 15 is 0 Å². The smallest absolute Gasteiger partial charge is 0.418 e. The Hall–Kier alpha value is -4.37. The number of Topliss-reactive ketones (excluding diaryl/α,β-unsaturated/α-hetero) is 1. The number of hydrogen-bond acceptors (Lipinski definition) is 14. The van der Waals surface area contributed by atoms with Crippen molar-refractivity contribution in [3.8, 4) is 5.75 Å². The Kier molecular flexibility index (Phi) is 9.92. The molecule has 1 fully saturated rings. The maximum absolute atomic E-state index is 13.3. The largest absolute Gasteiger partial charge is 0.489 e. The number of carboxylic acid groups (broad SMARTS) is 1. The molecule has 20 heteroatoms. The highest BCUT2D eigenvalue weighted by Crippen LogP contribution is 2.40. The Morgan fingerprint density at radius 3 is 2.58 bits per heavy atom. The summed E-state index contributed by atoms with van der Waals surface area (Å²) >= 11 is 0.982. The first-order valence-electron chi connectivity index (χ1n) is 13.3. The van der Waals surface area contributed by atoms with E-state index in [9.17, 15) is 27.9 Å². The predicted molar refractivity (Wildman–Crippen MR) is 159 cm³/mol. The number of aromatic nitrogens is 1. The Morgan fingerprint density at radius 1 is 1.27 bits per heavy atom. The van der Waals surface area contributed by atoms with Crippen molar-refractivity contribution in [2.24, 2.45) is 27.5 Å². The lowest BCUT2D eigenvalue weighted by Crippen LogP contribution is -2.68. The number of aliphatic carboxylic acids is 1. The summed E-state index contributed by atoms with van der Waals surface area (Å²) in [4.78, 5) is 53.2. The number of rotatable bonds is 14.